The summed E-state index contributed by atoms with van der Waals surface area (Å²) < 4.78 is 24.9. The molecular weight excluding hydrogens is 362 g/mol. The van der Waals surface area contributed by atoms with E-state index in [-0.39, 0.29) is 34.2 Å². The Labute approximate surface area is 160 Å². The summed E-state index contributed by atoms with van der Waals surface area (Å²) in [6, 6.07) is 13.3. The maximum absolute atomic E-state index is 12.5. The van der Waals surface area contributed by atoms with Crippen LogP contribution in [0.25, 0.3) is 0 Å². The van der Waals surface area contributed by atoms with Crippen molar-refractivity contribution in [2.24, 2.45) is 0 Å². The lowest BCUT2D eigenvalue weighted by atomic mass is 9.87. The smallest absolute Gasteiger partial charge is 0.225 e. The molecule has 0 unspecified atom stereocenters. The molecule has 6 heteroatoms. The van der Waals surface area contributed by atoms with E-state index in [0.29, 0.717) is 11.3 Å². The van der Waals surface area contributed by atoms with Gasteiger partial charge in [0, 0.05) is 17.7 Å². The van der Waals surface area contributed by atoms with Crippen LogP contribution >= 0.6 is 0 Å². The average molecular weight is 388 g/mol. The summed E-state index contributed by atoms with van der Waals surface area (Å²) in [7, 11) is -3.53. The summed E-state index contributed by atoms with van der Waals surface area (Å²) >= 11 is 0. The molecule has 0 aliphatic rings. The Morgan fingerprint density at radius 2 is 1.48 bits per heavy atom. The second-order valence-electron chi connectivity index (χ2n) is 7.52. The highest BCUT2D eigenvalue weighted by Crippen LogP contribution is 2.24. The van der Waals surface area contributed by atoms with Crippen molar-refractivity contribution >= 4 is 27.2 Å². The van der Waals surface area contributed by atoms with E-state index in [0.717, 1.165) is 5.56 Å². The van der Waals surface area contributed by atoms with Crippen molar-refractivity contribution in [1.82, 2.24) is 0 Å². The van der Waals surface area contributed by atoms with Crippen molar-refractivity contribution < 1.29 is 18.0 Å². The molecule has 144 valence electrons. The number of anilines is 1. The van der Waals surface area contributed by atoms with E-state index < -0.39 is 9.84 Å². The molecule has 1 amide bonds. The van der Waals surface area contributed by atoms with Gasteiger partial charge in [0.2, 0.25) is 5.91 Å². The average Bonchev–Trinajstić information content (AvgIpc) is 2.60. The summed E-state index contributed by atoms with van der Waals surface area (Å²) in [6.07, 6.45) is -0.141. The molecule has 0 aromatic heterocycles. The molecular formula is C21H25NO4S. The van der Waals surface area contributed by atoms with Crippen LogP contribution in [0, 0.1) is 0 Å². The first-order valence-corrected chi connectivity index (χ1v) is 10.4. The zero-order chi connectivity index (χ0) is 20.2. The fourth-order valence-electron chi connectivity index (χ4n) is 2.52. The lowest BCUT2D eigenvalue weighted by Crippen LogP contribution is -2.18. The fraction of sp³-hybridized carbons (Fsp3) is 0.333. The lowest BCUT2D eigenvalue weighted by molar-refractivity contribution is -0.115. The number of carbonyl (C=O) groups excluding carboxylic acids is 2. The molecule has 0 fully saturated rings. The molecule has 0 bridgehead atoms. The Kier molecular flexibility index (Phi) is 6.21. The zero-order valence-electron chi connectivity index (χ0n) is 16.1. The van der Waals surface area contributed by atoms with Crippen molar-refractivity contribution in [2.45, 2.75) is 44.4 Å². The van der Waals surface area contributed by atoms with Gasteiger partial charge in [-0.3, -0.25) is 9.59 Å². The minimum absolute atomic E-state index is 0.0554. The molecule has 0 saturated heterocycles. The summed E-state index contributed by atoms with van der Waals surface area (Å²) in [5.41, 5.74) is 2.07. The fourth-order valence-corrected chi connectivity index (χ4v) is 3.76. The molecule has 0 aliphatic heterocycles. The van der Waals surface area contributed by atoms with Gasteiger partial charge in [-0.1, -0.05) is 32.9 Å². The van der Waals surface area contributed by atoms with Crippen LogP contribution in [0.2, 0.25) is 0 Å². The van der Waals surface area contributed by atoms with Gasteiger partial charge in [0.25, 0.3) is 0 Å². The van der Waals surface area contributed by atoms with Gasteiger partial charge >= 0.3 is 0 Å². The maximum Gasteiger partial charge on any atom is 0.225 e. The number of hydrogen-bond donors (Lipinski definition) is 1. The molecule has 27 heavy (non-hydrogen) atoms. The van der Waals surface area contributed by atoms with E-state index in [1.807, 2.05) is 12.1 Å². The number of rotatable bonds is 6. The Bertz CT molecular complexity index is 922. The third kappa shape index (κ3) is 5.76. The molecule has 0 atom stereocenters. The van der Waals surface area contributed by atoms with Crippen molar-refractivity contribution in [2.75, 3.05) is 11.1 Å². The van der Waals surface area contributed by atoms with Crippen LogP contribution in [-0.2, 0) is 20.0 Å². The van der Waals surface area contributed by atoms with Crippen molar-refractivity contribution in [3.63, 3.8) is 0 Å². The molecule has 0 spiro atoms. The first-order chi connectivity index (χ1) is 12.5. The highest BCUT2D eigenvalue weighted by molar-refractivity contribution is 7.91. The Morgan fingerprint density at radius 3 is 1.96 bits per heavy atom. The van der Waals surface area contributed by atoms with Gasteiger partial charge in [0.05, 0.1) is 10.6 Å². The largest absolute Gasteiger partial charge is 0.326 e. The second-order valence-corrected chi connectivity index (χ2v) is 9.63. The SMILES string of the molecule is CC(=O)c1ccc(NC(=O)CCS(=O)(=O)c2ccc(C(C)(C)C)cc2)cc1. The van der Waals surface area contributed by atoms with Crippen molar-refractivity contribution in [3.8, 4) is 0 Å². The number of carbonyl (C=O) groups is 2. The number of amides is 1. The summed E-state index contributed by atoms with van der Waals surface area (Å²) in [5.74, 6) is -0.712. The molecule has 1 N–H and O–H groups in total. The van der Waals surface area contributed by atoms with E-state index >= 15 is 0 Å². The van der Waals surface area contributed by atoms with Crippen LogP contribution in [0.4, 0.5) is 5.69 Å². The van der Waals surface area contributed by atoms with Gasteiger partial charge in [-0.15, -0.1) is 0 Å². The molecule has 2 aromatic rings. The normalized spacial score (nSPS) is 11.9. The lowest BCUT2D eigenvalue weighted by Gasteiger charge is -2.19. The molecule has 2 aromatic carbocycles. The highest BCUT2D eigenvalue weighted by Gasteiger charge is 2.19. The third-order valence-electron chi connectivity index (χ3n) is 4.25. The van der Waals surface area contributed by atoms with Crippen LogP contribution in [-0.4, -0.2) is 25.9 Å². The molecule has 2 rings (SSSR count). The van der Waals surface area contributed by atoms with Crippen LogP contribution < -0.4 is 5.32 Å². The van der Waals surface area contributed by atoms with E-state index in [9.17, 15) is 18.0 Å². The van der Waals surface area contributed by atoms with Crippen LogP contribution in [0.1, 0.15) is 50.0 Å². The van der Waals surface area contributed by atoms with Gasteiger partial charge < -0.3 is 5.32 Å². The summed E-state index contributed by atoms with van der Waals surface area (Å²) in [5, 5.41) is 2.65. The summed E-state index contributed by atoms with van der Waals surface area (Å²) in [6.45, 7) is 7.64. The quantitative estimate of drug-likeness (QED) is 0.760. The number of nitrogens with one attached hydrogen (secondary N) is 1. The monoisotopic (exact) mass is 387 g/mol. The number of Topliss-reactive ketones (excluding diaryl/α,β-unsaturated/α-hetero) is 1. The Morgan fingerprint density at radius 1 is 0.926 bits per heavy atom. The Balaban J connectivity index is 1.97. The second kappa shape index (κ2) is 8.05. The predicted molar refractivity (Wildman–Crippen MR) is 107 cm³/mol. The van der Waals surface area contributed by atoms with Gasteiger partial charge in [-0.05, 0) is 54.3 Å². The van der Waals surface area contributed by atoms with Gasteiger partial charge in [-0.2, -0.15) is 0 Å². The number of benzene rings is 2. The minimum atomic E-state index is -3.53. The van der Waals surface area contributed by atoms with Crippen molar-refractivity contribution in [1.29, 1.82) is 0 Å². The standard InChI is InChI=1S/C21H25NO4S/c1-15(23)16-5-9-18(10-6-16)22-20(24)13-14-27(25,26)19-11-7-17(8-12-19)21(2,3)4/h5-12H,13-14H2,1-4H3,(H,22,24). The first kappa shape index (κ1) is 20.8. The number of hydrogen-bond acceptors (Lipinski definition) is 4. The van der Waals surface area contributed by atoms with E-state index in [2.05, 4.69) is 26.1 Å². The van der Waals surface area contributed by atoms with E-state index in [1.54, 1.807) is 36.4 Å². The van der Waals surface area contributed by atoms with Gasteiger partial charge in [0.1, 0.15) is 0 Å². The predicted octanol–water partition coefficient (Wildman–Crippen LogP) is 3.99. The summed E-state index contributed by atoms with van der Waals surface area (Å²) in [4.78, 5) is 23.5. The molecule has 0 heterocycles. The molecule has 0 saturated carbocycles. The van der Waals surface area contributed by atoms with Gasteiger partial charge in [0.15, 0.2) is 15.6 Å². The topological polar surface area (TPSA) is 80.3 Å². The third-order valence-corrected chi connectivity index (χ3v) is 5.98. The number of ketones is 1. The van der Waals surface area contributed by atoms with Crippen LogP contribution in [0.3, 0.4) is 0 Å². The minimum Gasteiger partial charge on any atom is -0.326 e. The zero-order valence-corrected chi connectivity index (χ0v) is 16.9. The van der Waals surface area contributed by atoms with E-state index in [4.69, 9.17) is 0 Å². The highest BCUT2D eigenvalue weighted by atomic mass is 32.2. The molecule has 5 nitrogen and oxygen atoms in total. The molecule has 0 radical (unpaired) electrons. The Hall–Kier alpha value is -2.47. The molecule has 0 aliphatic carbocycles. The van der Waals surface area contributed by atoms with E-state index in [1.165, 1.54) is 6.92 Å². The van der Waals surface area contributed by atoms with Crippen molar-refractivity contribution in [3.05, 3.63) is 59.7 Å². The maximum atomic E-state index is 12.5. The van der Waals surface area contributed by atoms with Gasteiger partial charge in [-0.25, -0.2) is 8.42 Å². The van der Waals surface area contributed by atoms with Crippen LogP contribution in [0.5, 0.6) is 0 Å². The van der Waals surface area contributed by atoms with Crippen LogP contribution in [0.15, 0.2) is 53.4 Å². The number of sulfone groups is 1. The first-order valence-electron chi connectivity index (χ1n) is 8.73.